The molecule has 0 radical (unpaired) electrons. The first-order valence-electron chi connectivity index (χ1n) is 5.45. The molecule has 2 heterocycles. The van der Waals surface area contributed by atoms with E-state index in [1.807, 2.05) is 4.68 Å². The first-order chi connectivity index (χ1) is 8.25. The molecule has 1 fully saturated rings. The zero-order chi connectivity index (χ0) is 11.8. The van der Waals surface area contributed by atoms with E-state index >= 15 is 0 Å². The lowest BCUT2D eigenvalue weighted by atomic mass is 10.2. The quantitative estimate of drug-likeness (QED) is 0.586. The van der Waals surface area contributed by atoms with Crippen LogP contribution < -0.4 is 0 Å². The van der Waals surface area contributed by atoms with Gasteiger partial charge in [-0.1, -0.05) is 0 Å². The molecule has 3 rings (SSSR count). The van der Waals surface area contributed by atoms with Gasteiger partial charge in [-0.2, -0.15) is 5.10 Å². The van der Waals surface area contributed by atoms with Crippen LogP contribution in [0.1, 0.15) is 12.5 Å². The zero-order valence-electron chi connectivity index (χ0n) is 9.07. The van der Waals surface area contributed by atoms with Crippen molar-refractivity contribution < 1.29 is 9.66 Å². The number of nitro groups is 1. The maximum Gasteiger partial charge on any atom is 0.270 e. The van der Waals surface area contributed by atoms with E-state index in [1.54, 1.807) is 18.3 Å². The highest BCUT2D eigenvalue weighted by atomic mass is 16.6. The van der Waals surface area contributed by atoms with E-state index in [0.717, 1.165) is 23.9 Å². The Morgan fingerprint density at radius 3 is 3.12 bits per heavy atom. The molecular weight excluding hydrogens is 222 g/mol. The van der Waals surface area contributed by atoms with Crippen LogP contribution >= 0.6 is 0 Å². The van der Waals surface area contributed by atoms with E-state index < -0.39 is 4.92 Å². The molecule has 88 valence electrons. The monoisotopic (exact) mass is 233 g/mol. The largest absolute Gasteiger partial charge is 0.379 e. The summed E-state index contributed by atoms with van der Waals surface area (Å²) in [5.41, 5.74) is 1.02. The van der Waals surface area contributed by atoms with Crippen molar-refractivity contribution in [2.75, 3.05) is 13.2 Å². The predicted molar refractivity (Wildman–Crippen MR) is 60.9 cm³/mol. The lowest BCUT2D eigenvalue weighted by Gasteiger charge is -2.09. The Morgan fingerprint density at radius 2 is 2.41 bits per heavy atom. The average molecular weight is 233 g/mol. The van der Waals surface area contributed by atoms with Gasteiger partial charge in [0.05, 0.1) is 29.3 Å². The van der Waals surface area contributed by atoms with Crippen molar-refractivity contribution in [1.82, 2.24) is 9.78 Å². The normalized spacial score (nSPS) is 19.9. The summed E-state index contributed by atoms with van der Waals surface area (Å²) in [5, 5.41) is 15.8. The number of aromatic nitrogens is 2. The van der Waals surface area contributed by atoms with Gasteiger partial charge in [-0.25, -0.2) is 0 Å². The maximum absolute atomic E-state index is 10.7. The molecule has 1 aromatic heterocycles. The molecule has 17 heavy (non-hydrogen) atoms. The Morgan fingerprint density at radius 1 is 1.53 bits per heavy atom. The Kier molecular flexibility index (Phi) is 2.29. The number of non-ortho nitro benzene ring substituents is 1. The van der Waals surface area contributed by atoms with E-state index in [9.17, 15) is 10.1 Å². The first-order valence-corrected chi connectivity index (χ1v) is 5.45. The highest BCUT2D eigenvalue weighted by molar-refractivity contribution is 5.81. The third-order valence-electron chi connectivity index (χ3n) is 3.04. The van der Waals surface area contributed by atoms with Crippen molar-refractivity contribution in [2.24, 2.45) is 0 Å². The van der Waals surface area contributed by atoms with E-state index in [-0.39, 0.29) is 11.7 Å². The SMILES string of the molecule is O=[N+]([O-])c1ccc2c(cnn2[C@H]2CCOC2)c1. The Bertz CT molecular complexity index is 572. The summed E-state index contributed by atoms with van der Waals surface area (Å²) in [4.78, 5) is 10.3. The molecule has 0 spiro atoms. The highest BCUT2D eigenvalue weighted by Gasteiger charge is 2.20. The second-order valence-corrected chi connectivity index (χ2v) is 4.11. The molecule has 1 aliphatic heterocycles. The molecule has 6 nitrogen and oxygen atoms in total. The van der Waals surface area contributed by atoms with Crippen LogP contribution in [-0.2, 0) is 4.74 Å². The minimum atomic E-state index is -0.393. The number of ether oxygens (including phenoxy) is 1. The number of hydrogen-bond donors (Lipinski definition) is 0. The fourth-order valence-corrected chi connectivity index (χ4v) is 2.16. The van der Waals surface area contributed by atoms with Crippen LogP contribution in [0.15, 0.2) is 24.4 Å². The van der Waals surface area contributed by atoms with Crippen LogP contribution in [0.5, 0.6) is 0 Å². The number of fused-ring (bicyclic) bond motifs is 1. The second kappa shape index (κ2) is 3.81. The van der Waals surface area contributed by atoms with Gasteiger partial charge >= 0.3 is 0 Å². The molecule has 6 heteroatoms. The van der Waals surface area contributed by atoms with Crippen molar-refractivity contribution >= 4 is 16.6 Å². The summed E-state index contributed by atoms with van der Waals surface area (Å²) >= 11 is 0. The molecule has 0 aliphatic carbocycles. The van der Waals surface area contributed by atoms with Crippen molar-refractivity contribution in [2.45, 2.75) is 12.5 Å². The third-order valence-corrected chi connectivity index (χ3v) is 3.04. The zero-order valence-corrected chi connectivity index (χ0v) is 9.07. The molecule has 2 aromatic rings. The number of hydrogen-bond acceptors (Lipinski definition) is 4. The van der Waals surface area contributed by atoms with Gasteiger partial charge in [-0.15, -0.1) is 0 Å². The summed E-state index contributed by atoms with van der Waals surface area (Å²) in [6.07, 6.45) is 2.61. The summed E-state index contributed by atoms with van der Waals surface area (Å²) < 4.78 is 7.22. The fraction of sp³-hybridized carbons (Fsp3) is 0.364. The van der Waals surface area contributed by atoms with Gasteiger partial charge in [0.15, 0.2) is 0 Å². The van der Waals surface area contributed by atoms with Gasteiger partial charge in [-0.3, -0.25) is 14.8 Å². The summed E-state index contributed by atoms with van der Waals surface area (Å²) in [6.45, 7) is 1.41. The van der Waals surface area contributed by atoms with E-state index in [0.29, 0.717) is 6.61 Å². The minimum absolute atomic E-state index is 0.0970. The molecule has 0 N–H and O–H groups in total. The number of nitro benzene ring substituents is 1. The molecule has 1 aromatic carbocycles. The van der Waals surface area contributed by atoms with Crippen molar-refractivity contribution in [3.63, 3.8) is 0 Å². The Balaban J connectivity index is 2.07. The lowest BCUT2D eigenvalue weighted by Crippen LogP contribution is -2.09. The lowest BCUT2D eigenvalue weighted by molar-refractivity contribution is -0.384. The van der Waals surface area contributed by atoms with Gasteiger partial charge in [0.1, 0.15) is 0 Å². The molecule has 1 aliphatic rings. The van der Waals surface area contributed by atoms with Crippen LogP contribution in [-0.4, -0.2) is 27.9 Å². The van der Waals surface area contributed by atoms with Crippen molar-refractivity contribution in [3.8, 4) is 0 Å². The van der Waals surface area contributed by atoms with Gasteiger partial charge in [0, 0.05) is 24.1 Å². The predicted octanol–water partition coefficient (Wildman–Crippen LogP) is 1.91. The van der Waals surface area contributed by atoms with Crippen molar-refractivity contribution in [1.29, 1.82) is 0 Å². The smallest absolute Gasteiger partial charge is 0.270 e. The number of rotatable bonds is 2. The summed E-state index contributed by atoms with van der Waals surface area (Å²) in [5.74, 6) is 0. The number of nitrogens with zero attached hydrogens (tertiary/aromatic N) is 3. The molecule has 1 atom stereocenters. The van der Waals surface area contributed by atoms with Gasteiger partial charge in [0.25, 0.3) is 5.69 Å². The molecule has 0 bridgehead atoms. The molecular formula is C11H11N3O3. The molecule has 0 unspecified atom stereocenters. The van der Waals surface area contributed by atoms with Crippen LogP contribution in [0.25, 0.3) is 10.9 Å². The van der Waals surface area contributed by atoms with Gasteiger partial charge in [-0.05, 0) is 12.5 Å². The Hall–Kier alpha value is -1.95. The van der Waals surface area contributed by atoms with Crippen LogP contribution in [0, 0.1) is 10.1 Å². The molecule has 0 saturated carbocycles. The van der Waals surface area contributed by atoms with Crippen molar-refractivity contribution in [3.05, 3.63) is 34.5 Å². The molecule has 1 saturated heterocycles. The van der Waals surface area contributed by atoms with Crippen LogP contribution in [0.4, 0.5) is 5.69 Å². The van der Waals surface area contributed by atoms with E-state index in [2.05, 4.69) is 5.10 Å². The van der Waals surface area contributed by atoms with Crippen LogP contribution in [0.2, 0.25) is 0 Å². The maximum atomic E-state index is 10.7. The topological polar surface area (TPSA) is 70.2 Å². The minimum Gasteiger partial charge on any atom is -0.379 e. The van der Waals surface area contributed by atoms with E-state index in [4.69, 9.17) is 4.74 Å². The summed E-state index contributed by atoms with van der Waals surface area (Å²) in [7, 11) is 0. The fourth-order valence-electron chi connectivity index (χ4n) is 2.16. The third kappa shape index (κ3) is 1.66. The summed E-state index contributed by atoms with van der Waals surface area (Å²) in [6, 6.07) is 5.05. The Labute approximate surface area is 96.9 Å². The van der Waals surface area contributed by atoms with Gasteiger partial charge in [0.2, 0.25) is 0 Å². The first kappa shape index (κ1) is 10.2. The van der Waals surface area contributed by atoms with Crippen LogP contribution in [0.3, 0.4) is 0 Å². The second-order valence-electron chi connectivity index (χ2n) is 4.11. The van der Waals surface area contributed by atoms with E-state index in [1.165, 1.54) is 6.07 Å². The molecule has 0 amide bonds. The van der Waals surface area contributed by atoms with Gasteiger partial charge < -0.3 is 4.74 Å². The standard InChI is InChI=1S/C11H11N3O3/c15-14(16)9-1-2-11-8(5-9)6-12-13(11)10-3-4-17-7-10/h1-2,5-6,10H,3-4,7H2/t10-/m0/s1. The highest BCUT2D eigenvalue weighted by Crippen LogP contribution is 2.26. The average Bonchev–Trinajstić information content (AvgIpc) is 2.96. The number of benzene rings is 1.